The second-order valence-electron chi connectivity index (χ2n) is 15.1. The Balaban J connectivity index is 4.07. The molecule has 0 bridgehead atoms. The van der Waals surface area contributed by atoms with Gasteiger partial charge in [0.1, 0.15) is 0 Å². The third-order valence-electron chi connectivity index (χ3n) is 10.7. The van der Waals surface area contributed by atoms with Gasteiger partial charge in [-0.15, -0.1) is 0 Å². The minimum Gasteiger partial charge on any atom is -0.481 e. The van der Waals surface area contributed by atoms with E-state index < -0.39 is 5.97 Å². The topological polar surface area (TPSA) is 37.3 Å². The summed E-state index contributed by atoms with van der Waals surface area (Å²) < 4.78 is 0. The SMILES string of the molecule is CCCCCCCCCCCCCCCCCCC(C)(CCCCCCCCCCCCCCCC)C(CCCC)C(=O)O. The molecule has 0 aliphatic heterocycles. The molecule has 2 unspecified atom stereocenters. The van der Waals surface area contributed by atoms with Gasteiger partial charge in [-0.3, -0.25) is 4.79 Å². The molecule has 0 aromatic heterocycles. The van der Waals surface area contributed by atoms with Crippen LogP contribution in [-0.2, 0) is 4.79 Å². The molecular formula is C42H84O2. The number of unbranched alkanes of at least 4 members (excludes halogenated alkanes) is 29. The molecule has 0 saturated heterocycles. The predicted octanol–water partition coefficient (Wildman–Crippen LogP) is 15.4. The summed E-state index contributed by atoms with van der Waals surface area (Å²) >= 11 is 0. The van der Waals surface area contributed by atoms with E-state index in [4.69, 9.17) is 0 Å². The first kappa shape index (κ1) is 43.5. The Bertz CT molecular complexity index is 572. The number of hydrogen-bond acceptors (Lipinski definition) is 1. The normalized spacial score (nSPS) is 13.7. The lowest BCUT2D eigenvalue weighted by Gasteiger charge is -2.36. The lowest BCUT2D eigenvalue weighted by atomic mass is 9.68. The van der Waals surface area contributed by atoms with Crippen molar-refractivity contribution >= 4 is 5.97 Å². The van der Waals surface area contributed by atoms with Crippen LogP contribution in [-0.4, -0.2) is 11.1 Å². The Morgan fingerprint density at radius 2 is 0.636 bits per heavy atom. The van der Waals surface area contributed by atoms with Crippen LogP contribution in [0.3, 0.4) is 0 Å². The zero-order chi connectivity index (χ0) is 32.4. The predicted molar refractivity (Wildman–Crippen MR) is 198 cm³/mol. The molecule has 0 heterocycles. The van der Waals surface area contributed by atoms with Crippen molar-refractivity contribution in [2.24, 2.45) is 11.3 Å². The van der Waals surface area contributed by atoms with Gasteiger partial charge in [-0.25, -0.2) is 0 Å². The van der Waals surface area contributed by atoms with Gasteiger partial charge in [0.25, 0.3) is 0 Å². The van der Waals surface area contributed by atoms with Crippen LogP contribution in [0, 0.1) is 11.3 Å². The van der Waals surface area contributed by atoms with Crippen molar-refractivity contribution in [1.82, 2.24) is 0 Å². The first-order chi connectivity index (χ1) is 21.5. The Labute approximate surface area is 279 Å². The number of rotatable bonds is 37. The molecular weight excluding hydrogens is 536 g/mol. The standard InChI is InChI=1S/C42H84O2/c1-5-8-11-13-15-17-19-21-23-24-26-28-30-32-34-36-39-42(4,40(41(43)44)37-10-7-3)38-35-33-31-29-27-25-22-20-18-16-14-12-9-6-2/h40H,5-39H2,1-4H3,(H,43,44). The van der Waals surface area contributed by atoms with E-state index in [1.54, 1.807) is 0 Å². The summed E-state index contributed by atoms with van der Waals surface area (Å²) in [7, 11) is 0. The van der Waals surface area contributed by atoms with Crippen molar-refractivity contribution in [1.29, 1.82) is 0 Å². The maximum atomic E-state index is 12.4. The highest BCUT2D eigenvalue weighted by Crippen LogP contribution is 2.41. The maximum Gasteiger partial charge on any atom is 0.307 e. The van der Waals surface area contributed by atoms with Crippen LogP contribution >= 0.6 is 0 Å². The maximum absolute atomic E-state index is 12.4. The fourth-order valence-electron chi connectivity index (χ4n) is 7.45. The zero-order valence-electron chi connectivity index (χ0n) is 31.2. The van der Waals surface area contributed by atoms with E-state index >= 15 is 0 Å². The fourth-order valence-corrected chi connectivity index (χ4v) is 7.45. The van der Waals surface area contributed by atoms with E-state index in [0.717, 1.165) is 32.1 Å². The van der Waals surface area contributed by atoms with Gasteiger partial charge >= 0.3 is 5.97 Å². The van der Waals surface area contributed by atoms with Crippen molar-refractivity contribution in [3.8, 4) is 0 Å². The average molecular weight is 621 g/mol. The summed E-state index contributed by atoms with van der Waals surface area (Å²) in [6.45, 7) is 9.11. The Hall–Kier alpha value is -0.530. The molecule has 0 saturated carbocycles. The molecule has 1 N–H and O–H groups in total. The van der Waals surface area contributed by atoms with Crippen LogP contribution in [0.2, 0.25) is 0 Å². The number of carboxylic acid groups (broad SMARTS) is 1. The molecule has 0 rings (SSSR count). The van der Waals surface area contributed by atoms with E-state index in [2.05, 4.69) is 27.7 Å². The highest BCUT2D eigenvalue weighted by atomic mass is 16.4. The van der Waals surface area contributed by atoms with Crippen molar-refractivity contribution in [3.05, 3.63) is 0 Å². The van der Waals surface area contributed by atoms with E-state index in [9.17, 15) is 9.90 Å². The minimum atomic E-state index is -0.539. The van der Waals surface area contributed by atoms with Crippen molar-refractivity contribution in [2.75, 3.05) is 0 Å². The van der Waals surface area contributed by atoms with Crippen LogP contribution in [0.15, 0.2) is 0 Å². The fraction of sp³-hybridized carbons (Fsp3) is 0.976. The Kier molecular flexibility index (Phi) is 33.4. The molecule has 0 aliphatic rings. The molecule has 0 spiro atoms. The number of aliphatic carboxylic acids is 1. The van der Waals surface area contributed by atoms with E-state index in [-0.39, 0.29) is 11.3 Å². The van der Waals surface area contributed by atoms with Crippen LogP contribution in [0.5, 0.6) is 0 Å². The van der Waals surface area contributed by atoms with E-state index in [1.165, 1.54) is 193 Å². The molecule has 2 nitrogen and oxygen atoms in total. The smallest absolute Gasteiger partial charge is 0.307 e. The lowest BCUT2D eigenvalue weighted by Crippen LogP contribution is -2.34. The highest BCUT2D eigenvalue weighted by Gasteiger charge is 2.37. The number of carbonyl (C=O) groups is 1. The van der Waals surface area contributed by atoms with Crippen molar-refractivity contribution < 1.29 is 9.90 Å². The summed E-state index contributed by atoms with van der Waals surface area (Å²) in [6, 6.07) is 0. The van der Waals surface area contributed by atoms with Crippen LogP contribution < -0.4 is 0 Å². The third kappa shape index (κ3) is 27.8. The average Bonchev–Trinajstić information content (AvgIpc) is 3.01. The van der Waals surface area contributed by atoms with Gasteiger partial charge in [-0.2, -0.15) is 0 Å². The van der Waals surface area contributed by atoms with Gasteiger partial charge in [0.05, 0.1) is 5.92 Å². The minimum absolute atomic E-state index is 0.0336. The van der Waals surface area contributed by atoms with Gasteiger partial charge < -0.3 is 5.11 Å². The molecule has 0 fully saturated rings. The summed E-state index contributed by atoms with van der Waals surface area (Å²) in [5.41, 5.74) is -0.0336. The molecule has 0 amide bonds. The number of hydrogen-bond donors (Lipinski definition) is 1. The molecule has 2 heteroatoms. The first-order valence-corrected chi connectivity index (χ1v) is 20.7. The Morgan fingerprint density at radius 3 is 0.864 bits per heavy atom. The van der Waals surface area contributed by atoms with E-state index in [1.807, 2.05) is 0 Å². The van der Waals surface area contributed by atoms with Crippen LogP contribution in [0.4, 0.5) is 0 Å². The molecule has 0 aromatic rings. The van der Waals surface area contributed by atoms with Crippen LogP contribution in [0.1, 0.15) is 252 Å². The molecule has 0 aromatic carbocycles. The molecule has 0 aliphatic carbocycles. The summed E-state index contributed by atoms with van der Waals surface area (Å²) in [6.07, 6.45) is 46.8. The van der Waals surface area contributed by atoms with Gasteiger partial charge in [-0.05, 0) is 24.7 Å². The van der Waals surface area contributed by atoms with Gasteiger partial charge in [-0.1, -0.05) is 233 Å². The summed E-state index contributed by atoms with van der Waals surface area (Å²) in [5, 5.41) is 10.2. The van der Waals surface area contributed by atoms with Gasteiger partial charge in [0.15, 0.2) is 0 Å². The van der Waals surface area contributed by atoms with Crippen LogP contribution in [0.25, 0.3) is 0 Å². The second-order valence-corrected chi connectivity index (χ2v) is 15.1. The zero-order valence-corrected chi connectivity index (χ0v) is 31.2. The summed E-state index contributed by atoms with van der Waals surface area (Å²) in [5.74, 6) is -0.705. The third-order valence-corrected chi connectivity index (χ3v) is 10.7. The first-order valence-electron chi connectivity index (χ1n) is 20.7. The molecule has 44 heavy (non-hydrogen) atoms. The van der Waals surface area contributed by atoms with Crippen molar-refractivity contribution in [3.63, 3.8) is 0 Å². The quantitative estimate of drug-likeness (QED) is 0.0701. The van der Waals surface area contributed by atoms with Gasteiger partial charge in [0, 0.05) is 0 Å². The van der Waals surface area contributed by atoms with Crippen molar-refractivity contribution in [2.45, 2.75) is 252 Å². The number of carboxylic acids is 1. The van der Waals surface area contributed by atoms with Gasteiger partial charge in [0.2, 0.25) is 0 Å². The molecule has 2 atom stereocenters. The van der Waals surface area contributed by atoms with E-state index in [0.29, 0.717) is 0 Å². The lowest BCUT2D eigenvalue weighted by molar-refractivity contribution is -0.147. The molecule has 264 valence electrons. The monoisotopic (exact) mass is 621 g/mol. The summed E-state index contributed by atoms with van der Waals surface area (Å²) in [4.78, 5) is 12.4. The highest BCUT2D eigenvalue weighted by molar-refractivity contribution is 5.71. The Morgan fingerprint density at radius 1 is 0.409 bits per heavy atom. The largest absolute Gasteiger partial charge is 0.481 e. The molecule has 0 radical (unpaired) electrons. The second kappa shape index (κ2) is 33.8.